The molecule has 4 aromatic rings. The monoisotopic (exact) mass is 541 g/mol. The van der Waals surface area contributed by atoms with Crippen molar-refractivity contribution in [2.45, 2.75) is 19.9 Å². The van der Waals surface area contributed by atoms with Gasteiger partial charge < -0.3 is 10.6 Å². The Kier molecular flexibility index (Phi) is 8.85. The van der Waals surface area contributed by atoms with Gasteiger partial charge in [-0.25, -0.2) is 14.4 Å². The zero-order chi connectivity index (χ0) is 21.3. The van der Waals surface area contributed by atoms with Crippen molar-refractivity contribution in [3.05, 3.63) is 96.6 Å². The van der Waals surface area contributed by atoms with E-state index in [9.17, 15) is 0 Å². The third-order valence-corrected chi connectivity index (χ3v) is 4.83. The van der Waals surface area contributed by atoms with Gasteiger partial charge in [-0.1, -0.05) is 30.3 Å². The summed E-state index contributed by atoms with van der Waals surface area (Å²) in [5.74, 6) is 0.808. The number of rotatable bonds is 8. The van der Waals surface area contributed by atoms with Crippen LogP contribution in [0.4, 0.5) is 0 Å². The van der Waals surface area contributed by atoms with E-state index >= 15 is 0 Å². The lowest BCUT2D eigenvalue weighted by atomic mass is 10.1. The molecule has 7 nitrogen and oxygen atoms in total. The minimum absolute atomic E-state index is 0. The maximum absolute atomic E-state index is 4.70. The van der Waals surface area contributed by atoms with Crippen molar-refractivity contribution in [1.29, 1.82) is 0 Å². The van der Waals surface area contributed by atoms with E-state index in [4.69, 9.17) is 4.99 Å². The maximum Gasteiger partial charge on any atom is 0.191 e. The number of nitrogens with zero attached hydrogens (tertiary/aromatic N) is 5. The summed E-state index contributed by atoms with van der Waals surface area (Å²) in [6.07, 6.45) is 8.52. The van der Waals surface area contributed by atoms with Crippen LogP contribution in [0.1, 0.15) is 18.1 Å². The predicted octanol–water partition coefficient (Wildman–Crippen LogP) is 3.97. The van der Waals surface area contributed by atoms with Crippen molar-refractivity contribution in [2.75, 3.05) is 13.1 Å². The van der Waals surface area contributed by atoms with E-state index in [1.807, 2.05) is 64.4 Å². The van der Waals surface area contributed by atoms with Crippen LogP contribution < -0.4 is 10.6 Å². The number of hydrogen-bond acceptors (Lipinski definition) is 3. The molecule has 0 amide bonds. The van der Waals surface area contributed by atoms with Crippen molar-refractivity contribution in [2.24, 2.45) is 4.99 Å². The molecule has 8 heteroatoms. The quantitative estimate of drug-likeness (QED) is 0.201. The maximum atomic E-state index is 4.70. The average Bonchev–Trinajstić information content (AvgIpc) is 3.51. The normalized spacial score (nSPS) is 11.1. The van der Waals surface area contributed by atoms with E-state index in [2.05, 4.69) is 52.0 Å². The van der Waals surface area contributed by atoms with Crippen LogP contribution in [0.5, 0.6) is 0 Å². The highest BCUT2D eigenvalue weighted by atomic mass is 127. The third-order valence-electron chi connectivity index (χ3n) is 4.83. The fourth-order valence-corrected chi connectivity index (χ4v) is 3.24. The highest BCUT2D eigenvalue weighted by Gasteiger charge is 2.03. The first kappa shape index (κ1) is 23.5. The van der Waals surface area contributed by atoms with Gasteiger partial charge in [-0.15, -0.1) is 24.0 Å². The summed E-state index contributed by atoms with van der Waals surface area (Å²) in [7, 11) is 0. The Labute approximate surface area is 205 Å². The number of halogens is 1. The molecule has 4 rings (SSSR count). The smallest absolute Gasteiger partial charge is 0.191 e. The summed E-state index contributed by atoms with van der Waals surface area (Å²) in [5.41, 5.74) is 4.44. The van der Waals surface area contributed by atoms with E-state index in [0.29, 0.717) is 6.54 Å². The number of aromatic nitrogens is 4. The highest BCUT2D eigenvalue weighted by molar-refractivity contribution is 14.0. The molecule has 166 valence electrons. The first-order valence-corrected chi connectivity index (χ1v) is 10.5. The van der Waals surface area contributed by atoms with Gasteiger partial charge in [0.25, 0.3) is 0 Å². The van der Waals surface area contributed by atoms with Crippen molar-refractivity contribution >= 4 is 29.9 Å². The van der Waals surface area contributed by atoms with Gasteiger partial charge in [0.15, 0.2) is 5.96 Å². The Balaban J connectivity index is 0.00000289. The second kappa shape index (κ2) is 12.0. The number of guanidine groups is 1. The lowest BCUT2D eigenvalue weighted by Gasteiger charge is -2.11. The van der Waals surface area contributed by atoms with E-state index < -0.39 is 0 Å². The summed E-state index contributed by atoms with van der Waals surface area (Å²) < 4.78 is 3.73. The molecule has 0 aliphatic rings. The Morgan fingerprint density at radius 2 is 1.66 bits per heavy atom. The molecule has 0 radical (unpaired) electrons. The Hall–Kier alpha value is -3.14. The lowest BCUT2D eigenvalue weighted by molar-refractivity contribution is 0.798. The van der Waals surface area contributed by atoms with Crippen LogP contribution in [0.15, 0.2) is 90.4 Å². The molecule has 0 aliphatic carbocycles. The van der Waals surface area contributed by atoms with Gasteiger partial charge in [0.1, 0.15) is 0 Å². The van der Waals surface area contributed by atoms with Crippen molar-refractivity contribution in [3.63, 3.8) is 0 Å². The zero-order valence-electron chi connectivity index (χ0n) is 18.1. The fourth-order valence-electron chi connectivity index (χ4n) is 3.24. The summed E-state index contributed by atoms with van der Waals surface area (Å²) in [6, 6.07) is 20.5. The van der Waals surface area contributed by atoms with Crippen LogP contribution in [0.3, 0.4) is 0 Å². The molecule has 0 unspecified atom stereocenters. The van der Waals surface area contributed by atoms with Crippen LogP contribution in [0, 0.1) is 0 Å². The standard InChI is InChI=1S/C24H27N7.HI/c1-2-25-24(27-17-21-18-29-31(19-21)22-7-4-3-5-8-22)26-15-13-20-9-11-23(12-10-20)30-16-6-14-28-30;/h3-12,14,16,18-19H,2,13,15,17H2,1H3,(H2,25,26,27);1H. The summed E-state index contributed by atoms with van der Waals surface area (Å²) in [5, 5.41) is 15.4. The topological polar surface area (TPSA) is 72.1 Å². The van der Waals surface area contributed by atoms with Crippen LogP contribution in [-0.4, -0.2) is 38.6 Å². The molecule has 0 bridgehead atoms. The Morgan fingerprint density at radius 1 is 0.875 bits per heavy atom. The molecule has 0 saturated heterocycles. The number of para-hydroxylation sites is 1. The molecule has 0 spiro atoms. The lowest BCUT2D eigenvalue weighted by Crippen LogP contribution is -2.38. The summed E-state index contributed by atoms with van der Waals surface area (Å²) in [4.78, 5) is 4.70. The second-order valence-corrected chi connectivity index (χ2v) is 7.12. The SMILES string of the molecule is CCNC(=NCc1cnn(-c2ccccc2)c1)NCCc1ccc(-n2cccn2)cc1.I. The minimum Gasteiger partial charge on any atom is -0.357 e. The van der Waals surface area contributed by atoms with Gasteiger partial charge in [-0.05, 0) is 49.2 Å². The molecular weight excluding hydrogens is 513 g/mol. The van der Waals surface area contributed by atoms with Crippen molar-refractivity contribution in [3.8, 4) is 11.4 Å². The highest BCUT2D eigenvalue weighted by Crippen LogP contribution is 2.10. The van der Waals surface area contributed by atoms with Crippen LogP contribution in [0.2, 0.25) is 0 Å². The number of benzene rings is 2. The summed E-state index contributed by atoms with van der Waals surface area (Å²) in [6.45, 7) is 4.25. The van der Waals surface area contributed by atoms with Crippen molar-refractivity contribution in [1.82, 2.24) is 30.2 Å². The van der Waals surface area contributed by atoms with Gasteiger partial charge in [-0.3, -0.25) is 0 Å². The average molecular weight is 541 g/mol. The first-order valence-electron chi connectivity index (χ1n) is 10.5. The molecule has 2 aromatic heterocycles. The molecule has 2 heterocycles. The molecule has 0 atom stereocenters. The van der Waals surface area contributed by atoms with E-state index in [1.165, 1.54) is 5.56 Å². The molecule has 0 saturated carbocycles. The fraction of sp³-hybridized carbons (Fsp3) is 0.208. The molecule has 2 N–H and O–H groups in total. The van der Waals surface area contributed by atoms with Crippen LogP contribution in [-0.2, 0) is 13.0 Å². The van der Waals surface area contributed by atoms with Gasteiger partial charge >= 0.3 is 0 Å². The van der Waals surface area contributed by atoms with E-state index in [-0.39, 0.29) is 24.0 Å². The van der Waals surface area contributed by atoms with Gasteiger partial charge in [0.2, 0.25) is 0 Å². The van der Waals surface area contributed by atoms with E-state index in [0.717, 1.165) is 42.4 Å². The number of hydrogen-bond donors (Lipinski definition) is 2. The third kappa shape index (κ3) is 6.43. The molecule has 0 aliphatic heterocycles. The second-order valence-electron chi connectivity index (χ2n) is 7.12. The molecule has 32 heavy (non-hydrogen) atoms. The first-order chi connectivity index (χ1) is 15.3. The predicted molar refractivity (Wildman–Crippen MR) is 139 cm³/mol. The zero-order valence-corrected chi connectivity index (χ0v) is 20.4. The van der Waals surface area contributed by atoms with E-state index in [1.54, 1.807) is 6.20 Å². The number of aliphatic imine (C=N–C) groups is 1. The molecule has 2 aromatic carbocycles. The largest absolute Gasteiger partial charge is 0.357 e. The Morgan fingerprint density at radius 3 is 2.38 bits per heavy atom. The van der Waals surface area contributed by atoms with Gasteiger partial charge in [-0.2, -0.15) is 10.2 Å². The van der Waals surface area contributed by atoms with Crippen LogP contribution in [0.25, 0.3) is 11.4 Å². The van der Waals surface area contributed by atoms with Gasteiger partial charge in [0, 0.05) is 37.2 Å². The number of nitrogens with one attached hydrogen (secondary N) is 2. The van der Waals surface area contributed by atoms with Gasteiger partial charge in [0.05, 0.1) is 24.1 Å². The summed E-state index contributed by atoms with van der Waals surface area (Å²) >= 11 is 0. The molecule has 0 fully saturated rings. The van der Waals surface area contributed by atoms with Crippen LogP contribution >= 0.6 is 24.0 Å². The van der Waals surface area contributed by atoms with Crippen molar-refractivity contribution < 1.29 is 0 Å². The minimum atomic E-state index is 0. The Bertz CT molecular complexity index is 1090. The molecular formula is C24H28IN7.